The number of hydrogen-bond acceptors (Lipinski definition) is 5. The first-order chi connectivity index (χ1) is 13.6. The zero-order valence-corrected chi connectivity index (χ0v) is 16.7. The molecule has 1 saturated carbocycles. The molecular formula is C20H32N4O4. The monoisotopic (exact) mass is 392 g/mol. The largest absolute Gasteiger partial charge is 0.378 e. The molecule has 3 saturated heterocycles. The third-order valence-corrected chi connectivity index (χ3v) is 6.68. The first kappa shape index (κ1) is 19.6. The number of ether oxygens (including phenoxy) is 1. The number of rotatable bonds is 4. The Bertz CT molecular complexity index is 593. The van der Waals surface area contributed by atoms with Crippen molar-refractivity contribution in [3.05, 3.63) is 0 Å². The Morgan fingerprint density at radius 2 is 1.61 bits per heavy atom. The fourth-order valence-corrected chi connectivity index (χ4v) is 4.95. The molecule has 0 radical (unpaired) electrons. The minimum absolute atomic E-state index is 0.119. The Labute approximate surface area is 166 Å². The average molecular weight is 393 g/mol. The molecule has 8 nitrogen and oxygen atoms in total. The molecule has 0 aromatic heterocycles. The van der Waals surface area contributed by atoms with Crippen molar-refractivity contribution in [3.63, 3.8) is 0 Å². The number of amides is 3. The molecule has 156 valence electrons. The number of nitrogens with zero attached hydrogens (tertiary/aromatic N) is 4. The summed E-state index contributed by atoms with van der Waals surface area (Å²) in [4.78, 5) is 45.5. The average Bonchev–Trinajstić information content (AvgIpc) is 3.38. The number of carbonyl (C=O) groups excluding carboxylic acids is 3. The molecule has 1 atom stereocenters. The molecule has 3 aliphatic heterocycles. The van der Waals surface area contributed by atoms with Crippen LogP contribution in [0.3, 0.4) is 0 Å². The van der Waals surface area contributed by atoms with Crippen LogP contribution >= 0.6 is 0 Å². The summed E-state index contributed by atoms with van der Waals surface area (Å²) in [5, 5.41) is 0. The second-order valence-corrected chi connectivity index (χ2v) is 8.48. The summed E-state index contributed by atoms with van der Waals surface area (Å²) in [5.41, 5.74) is 0. The Kier molecular flexibility index (Phi) is 6.16. The van der Waals surface area contributed by atoms with Crippen LogP contribution in [0.1, 0.15) is 32.1 Å². The lowest BCUT2D eigenvalue weighted by Gasteiger charge is -2.37. The third-order valence-electron chi connectivity index (χ3n) is 6.68. The highest BCUT2D eigenvalue weighted by Crippen LogP contribution is 2.30. The second-order valence-electron chi connectivity index (χ2n) is 8.48. The summed E-state index contributed by atoms with van der Waals surface area (Å²) in [5.74, 6) is 0.235. The molecule has 4 rings (SSSR count). The number of likely N-dealkylation sites (tertiary alicyclic amines) is 1. The number of piperazine rings is 1. The van der Waals surface area contributed by atoms with Gasteiger partial charge in [-0.05, 0) is 12.8 Å². The highest BCUT2D eigenvalue weighted by Gasteiger charge is 2.40. The van der Waals surface area contributed by atoms with Crippen molar-refractivity contribution in [1.29, 1.82) is 0 Å². The molecule has 0 aromatic carbocycles. The van der Waals surface area contributed by atoms with Crippen molar-refractivity contribution in [3.8, 4) is 0 Å². The van der Waals surface area contributed by atoms with Crippen LogP contribution < -0.4 is 0 Å². The van der Waals surface area contributed by atoms with Crippen LogP contribution in [0.25, 0.3) is 0 Å². The molecule has 3 amide bonds. The quantitative estimate of drug-likeness (QED) is 0.661. The highest BCUT2D eigenvalue weighted by molar-refractivity contribution is 5.89. The van der Waals surface area contributed by atoms with Gasteiger partial charge in [0, 0.05) is 58.3 Å². The van der Waals surface area contributed by atoms with E-state index >= 15 is 0 Å². The summed E-state index contributed by atoms with van der Waals surface area (Å²) >= 11 is 0. The van der Waals surface area contributed by atoms with Gasteiger partial charge < -0.3 is 19.4 Å². The molecule has 0 N–H and O–H groups in total. The molecule has 28 heavy (non-hydrogen) atoms. The van der Waals surface area contributed by atoms with Crippen LogP contribution in [0, 0.1) is 5.92 Å². The number of carbonyl (C=O) groups is 3. The summed E-state index contributed by atoms with van der Waals surface area (Å²) < 4.78 is 5.30. The Balaban J connectivity index is 1.23. The van der Waals surface area contributed by atoms with Crippen molar-refractivity contribution in [2.24, 2.45) is 5.92 Å². The topological polar surface area (TPSA) is 73.4 Å². The zero-order chi connectivity index (χ0) is 19.5. The molecule has 4 fully saturated rings. The van der Waals surface area contributed by atoms with E-state index in [9.17, 15) is 14.4 Å². The van der Waals surface area contributed by atoms with Gasteiger partial charge in [0.2, 0.25) is 17.7 Å². The molecule has 3 heterocycles. The SMILES string of the molecule is O=C(CN1CCN(C(=O)C2CC(=O)N(C3CCCC3)C2)CC1)N1CCOCC1. The molecule has 8 heteroatoms. The maximum Gasteiger partial charge on any atom is 0.236 e. The third kappa shape index (κ3) is 4.33. The Hall–Kier alpha value is -1.67. The summed E-state index contributed by atoms with van der Waals surface area (Å²) in [6.07, 6.45) is 4.92. The predicted molar refractivity (Wildman–Crippen MR) is 102 cm³/mol. The summed E-state index contributed by atoms with van der Waals surface area (Å²) in [6.45, 7) is 6.31. The minimum Gasteiger partial charge on any atom is -0.378 e. The summed E-state index contributed by atoms with van der Waals surface area (Å²) in [7, 11) is 0. The maximum absolute atomic E-state index is 12.9. The van der Waals surface area contributed by atoms with Crippen LogP contribution in [0.5, 0.6) is 0 Å². The number of hydrogen-bond donors (Lipinski definition) is 0. The van der Waals surface area contributed by atoms with Gasteiger partial charge in [-0.2, -0.15) is 0 Å². The van der Waals surface area contributed by atoms with Crippen molar-refractivity contribution in [1.82, 2.24) is 19.6 Å². The summed E-state index contributed by atoms with van der Waals surface area (Å²) in [6, 6.07) is 0.355. The van der Waals surface area contributed by atoms with Crippen LogP contribution in [0.15, 0.2) is 0 Å². The molecular weight excluding hydrogens is 360 g/mol. The van der Waals surface area contributed by atoms with Gasteiger partial charge >= 0.3 is 0 Å². The van der Waals surface area contributed by atoms with Gasteiger partial charge in [-0.25, -0.2) is 0 Å². The van der Waals surface area contributed by atoms with E-state index in [0.29, 0.717) is 64.9 Å². The zero-order valence-electron chi connectivity index (χ0n) is 16.7. The van der Waals surface area contributed by atoms with Crippen molar-refractivity contribution < 1.29 is 19.1 Å². The second kappa shape index (κ2) is 8.78. The molecule has 0 aromatic rings. The first-order valence-electron chi connectivity index (χ1n) is 10.8. The normalized spacial score (nSPS) is 27.6. The van der Waals surface area contributed by atoms with Crippen LogP contribution in [-0.4, -0.2) is 109 Å². The molecule has 0 spiro atoms. The van der Waals surface area contributed by atoms with Gasteiger partial charge in [-0.1, -0.05) is 12.8 Å². The first-order valence-corrected chi connectivity index (χ1v) is 10.8. The fraction of sp³-hybridized carbons (Fsp3) is 0.850. The van der Waals surface area contributed by atoms with E-state index in [-0.39, 0.29) is 23.6 Å². The lowest BCUT2D eigenvalue weighted by Crippen LogP contribution is -2.53. The lowest BCUT2D eigenvalue weighted by molar-refractivity contribution is -0.139. The van der Waals surface area contributed by atoms with E-state index in [0.717, 1.165) is 25.9 Å². The van der Waals surface area contributed by atoms with E-state index in [2.05, 4.69) is 4.90 Å². The molecule has 1 unspecified atom stereocenters. The van der Waals surface area contributed by atoms with Crippen molar-refractivity contribution in [2.45, 2.75) is 38.1 Å². The highest BCUT2D eigenvalue weighted by atomic mass is 16.5. The van der Waals surface area contributed by atoms with E-state index in [1.807, 2.05) is 14.7 Å². The van der Waals surface area contributed by atoms with Gasteiger partial charge in [0.25, 0.3) is 0 Å². The standard InChI is InChI=1S/C20H32N4O4/c25-18-13-16(14-24(18)17-3-1-2-4-17)20(27)23-7-5-21(6-8-23)15-19(26)22-9-11-28-12-10-22/h16-17H,1-15H2. The van der Waals surface area contributed by atoms with Gasteiger partial charge in [0.1, 0.15) is 0 Å². The molecule has 1 aliphatic carbocycles. The smallest absolute Gasteiger partial charge is 0.236 e. The Morgan fingerprint density at radius 1 is 0.929 bits per heavy atom. The van der Waals surface area contributed by atoms with Gasteiger partial charge in [-0.15, -0.1) is 0 Å². The fourth-order valence-electron chi connectivity index (χ4n) is 4.95. The van der Waals surface area contributed by atoms with Gasteiger partial charge in [-0.3, -0.25) is 19.3 Å². The van der Waals surface area contributed by atoms with E-state index in [1.165, 1.54) is 12.8 Å². The van der Waals surface area contributed by atoms with Gasteiger partial charge in [0.05, 0.1) is 25.7 Å². The van der Waals surface area contributed by atoms with Gasteiger partial charge in [0.15, 0.2) is 0 Å². The minimum atomic E-state index is -0.186. The van der Waals surface area contributed by atoms with Crippen LogP contribution in [0.4, 0.5) is 0 Å². The van der Waals surface area contributed by atoms with Crippen LogP contribution in [-0.2, 0) is 19.1 Å². The predicted octanol–water partition coefficient (Wildman–Crippen LogP) is -0.219. The van der Waals surface area contributed by atoms with E-state index < -0.39 is 0 Å². The molecule has 0 bridgehead atoms. The van der Waals surface area contributed by atoms with Crippen molar-refractivity contribution in [2.75, 3.05) is 65.6 Å². The van der Waals surface area contributed by atoms with E-state index in [1.54, 1.807) is 0 Å². The maximum atomic E-state index is 12.9. The number of morpholine rings is 1. The lowest BCUT2D eigenvalue weighted by atomic mass is 10.1. The van der Waals surface area contributed by atoms with Crippen molar-refractivity contribution >= 4 is 17.7 Å². The van der Waals surface area contributed by atoms with Crippen LogP contribution in [0.2, 0.25) is 0 Å². The molecule has 4 aliphatic rings. The van der Waals surface area contributed by atoms with E-state index in [4.69, 9.17) is 4.74 Å². The Morgan fingerprint density at radius 3 is 2.29 bits per heavy atom.